The normalized spacial score (nSPS) is 20.0. The summed E-state index contributed by atoms with van der Waals surface area (Å²) in [7, 11) is 3.77. The van der Waals surface area contributed by atoms with Crippen molar-refractivity contribution < 1.29 is 14.3 Å². The third-order valence-electron chi connectivity index (χ3n) is 5.29. The maximum Gasteiger partial charge on any atom is 0.282 e. The predicted molar refractivity (Wildman–Crippen MR) is 95.4 cm³/mol. The highest BCUT2D eigenvalue weighted by Crippen LogP contribution is 2.34. The Labute approximate surface area is 147 Å². The van der Waals surface area contributed by atoms with Crippen molar-refractivity contribution in [1.82, 2.24) is 14.8 Å². The predicted octanol–water partition coefficient (Wildman–Crippen LogP) is 1.43. The number of nitrogens with zero attached hydrogens (tertiary/aromatic N) is 2. The third-order valence-corrected chi connectivity index (χ3v) is 5.29. The molecule has 25 heavy (non-hydrogen) atoms. The number of likely N-dealkylation sites (N-methyl/N-ethyl adjacent to an activating group) is 2. The van der Waals surface area contributed by atoms with Gasteiger partial charge in [0.05, 0.1) is 19.8 Å². The molecule has 0 saturated carbocycles. The fraction of sp³-hybridized carbons (Fsp3) is 0.526. The summed E-state index contributed by atoms with van der Waals surface area (Å²) in [5.74, 6) is -1.46. The second-order valence-electron chi connectivity index (χ2n) is 7.05. The molecule has 1 saturated heterocycles. The minimum Gasteiger partial charge on any atom is -0.354 e. The molecule has 1 fully saturated rings. The molecule has 0 aliphatic carbocycles. The number of carbonyl (C=O) groups excluding carboxylic acids is 1. The molecular weight excluding hydrogens is 318 g/mol. The highest BCUT2D eigenvalue weighted by Gasteiger charge is 2.45. The van der Waals surface area contributed by atoms with Gasteiger partial charge >= 0.3 is 0 Å². The zero-order valence-corrected chi connectivity index (χ0v) is 15.1. The summed E-state index contributed by atoms with van der Waals surface area (Å²) in [4.78, 5) is 14.8. The average Bonchev–Trinajstić information content (AvgIpc) is 3.19. The molecule has 0 radical (unpaired) electrons. The van der Waals surface area contributed by atoms with Crippen LogP contribution in [0.15, 0.2) is 18.2 Å². The molecule has 2 aliphatic rings. The molecule has 0 unspecified atom stereocenters. The first-order valence-corrected chi connectivity index (χ1v) is 8.83. The van der Waals surface area contributed by atoms with Gasteiger partial charge in [0.2, 0.25) is 0 Å². The van der Waals surface area contributed by atoms with Gasteiger partial charge in [-0.25, -0.2) is 0 Å². The van der Waals surface area contributed by atoms with Crippen molar-refractivity contribution in [3.8, 4) is 0 Å². The lowest BCUT2D eigenvalue weighted by molar-refractivity contribution is -0.187. The first-order chi connectivity index (χ1) is 12.0. The molecular formula is C19H25N3O3. The van der Waals surface area contributed by atoms with Gasteiger partial charge in [-0.3, -0.25) is 4.79 Å². The fourth-order valence-electron chi connectivity index (χ4n) is 4.03. The van der Waals surface area contributed by atoms with E-state index in [9.17, 15) is 4.79 Å². The lowest BCUT2D eigenvalue weighted by atomic mass is 10.0. The summed E-state index contributed by atoms with van der Waals surface area (Å²) in [6.45, 7) is 5.32. The third kappa shape index (κ3) is 2.65. The molecule has 6 heteroatoms. The molecule has 1 aromatic carbocycles. The van der Waals surface area contributed by atoms with Gasteiger partial charge in [0.1, 0.15) is 0 Å². The zero-order valence-electron chi connectivity index (χ0n) is 15.1. The fourth-order valence-corrected chi connectivity index (χ4v) is 4.03. The molecule has 0 atom stereocenters. The highest BCUT2D eigenvalue weighted by atomic mass is 16.7. The van der Waals surface area contributed by atoms with Crippen LogP contribution in [0.3, 0.4) is 0 Å². The monoisotopic (exact) mass is 343 g/mol. The highest BCUT2D eigenvalue weighted by molar-refractivity contribution is 5.88. The number of benzene rings is 1. The van der Waals surface area contributed by atoms with E-state index in [1.54, 1.807) is 7.05 Å². The molecule has 1 N–H and O–H groups in total. The van der Waals surface area contributed by atoms with E-state index in [1.807, 2.05) is 0 Å². The van der Waals surface area contributed by atoms with Crippen LogP contribution in [0.1, 0.15) is 16.8 Å². The Morgan fingerprint density at radius 2 is 2.08 bits per heavy atom. The number of rotatable bonds is 3. The minimum atomic E-state index is -1.23. The van der Waals surface area contributed by atoms with E-state index in [0.29, 0.717) is 19.8 Å². The summed E-state index contributed by atoms with van der Waals surface area (Å²) in [6.07, 6.45) is 0.962. The Balaban J connectivity index is 1.85. The molecule has 0 bridgehead atoms. The summed E-state index contributed by atoms with van der Waals surface area (Å²) in [5.41, 5.74) is 5.04. The van der Waals surface area contributed by atoms with E-state index in [1.165, 1.54) is 22.2 Å². The van der Waals surface area contributed by atoms with Gasteiger partial charge in [0.15, 0.2) is 0 Å². The van der Waals surface area contributed by atoms with E-state index in [2.05, 4.69) is 47.0 Å². The average molecular weight is 343 g/mol. The van der Waals surface area contributed by atoms with E-state index in [-0.39, 0.29) is 5.91 Å². The summed E-state index contributed by atoms with van der Waals surface area (Å²) < 4.78 is 13.8. The van der Waals surface area contributed by atoms with E-state index in [0.717, 1.165) is 25.0 Å². The topological polar surface area (TPSA) is 55.7 Å². The summed E-state index contributed by atoms with van der Waals surface area (Å²) in [5, 5.41) is 3.96. The number of ether oxygens (including phenoxy) is 2. The smallest absolute Gasteiger partial charge is 0.282 e. The zero-order chi connectivity index (χ0) is 17.6. The molecule has 2 aromatic rings. The maximum atomic E-state index is 12.5. The van der Waals surface area contributed by atoms with Crippen LogP contribution in [0.5, 0.6) is 0 Å². The lowest BCUT2D eigenvalue weighted by Gasteiger charge is -2.29. The molecule has 1 amide bonds. The van der Waals surface area contributed by atoms with Crippen molar-refractivity contribution in [2.45, 2.75) is 32.2 Å². The van der Waals surface area contributed by atoms with Crippen molar-refractivity contribution in [3.05, 3.63) is 35.0 Å². The van der Waals surface area contributed by atoms with E-state index in [4.69, 9.17) is 9.47 Å². The van der Waals surface area contributed by atoms with Gasteiger partial charge in [0, 0.05) is 43.2 Å². The van der Waals surface area contributed by atoms with E-state index >= 15 is 0 Å². The SMILES string of the molecule is CNC(=O)C1(Cn2c3c(c4cc(C)ccc42)CN(C)CC3)OCCO1. The number of carbonyl (C=O) groups is 1. The van der Waals surface area contributed by atoms with Crippen LogP contribution >= 0.6 is 0 Å². The van der Waals surface area contributed by atoms with Crippen LogP contribution in [-0.2, 0) is 33.8 Å². The second kappa shape index (κ2) is 6.12. The van der Waals surface area contributed by atoms with Gasteiger partial charge in [-0.05, 0) is 31.7 Å². The number of hydrogen-bond donors (Lipinski definition) is 1. The first-order valence-electron chi connectivity index (χ1n) is 8.83. The number of aryl methyl sites for hydroxylation is 1. The van der Waals surface area contributed by atoms with Gasteiger partial charge < -0.3 is 24.3 Å². The Bertz CT molecular complexity index is 821. The van der Waals surface area contributed by atoms with Gasteiger partial charge in [-0.1, -0.05) is 11.6 Å². The quantitative estimate of drug-likeness (QED) is 0.916. The lowest BCUT2D eigenvalue weighted by Crippen LogP contribution is -2.50. The molecule has 0 spiro atoms. The molecule has 4 rings (SSSR count). The molecule has 2 aliphatic heterocycles. The standard InChI is InChI=1S/C19H25N3O3/c1-13-4-5-16-14(10-13)15-11-21(3)7-6-17(15)22(16)12-19(18(23)20-2)24-8-9-25-19/h4-5,10H,6-9,11-12H2,1-3H3,(H,20,23). The largest absolute Gasteiger partial charge is 0.354 e. The number of hydrogen-bond acceptors (Lipinski definition) is 4. The minimum absolute atomic E-state index is 0.222. The van der Waals surface area contributed by atoms with Gasteiger partial charge in [-0.15, -0.1) is 0 Å². The van der Waals surface area contributed by atoms with Gasteiger partial charge in [-0.2, -0.15) is 0 Å². The van der Waals surface area contributed by atoms with Crippen molar-refractivity contribution in [2.75, 3.05) is 33.9 Å². The molecule has 6 nitrogen and oxygen atoms in total. The number of amides is 1. The van der Waals surface area contributed by atoms with Crippen molar-refractivity contribution in [1.29, 1.82) is 0 Å². The van der Waals surface area contributed by atoms with Crippen LogP contribution < -0.4 is 5.32 Å². The second-order valence-corrected chi connectivity index (χ2v) is 7.05. The van der Waals surface area contributed by atoms with Crippen molar-refractivity contribution in [2.24, 2.45) is 0 Å². The van der Waals surface area contributed by atoms with Crippen LogP contribution in [0, 0.1) is 6.92 Å². The number of aromatic nitrogens is 1. The van der Waals surface area contributed by atoms with Crippen LogP contribution in [0.25, 0.3) is 10.9 Å². The summed E-state index contributed by atoms with van der Waals surface area (Å²) >= 11 is 0. The van der Waals surface area contributed by atoms with Crippen LogP contribution in [0.4, 0.5) is 0 Å². The molecule has 134 valence electrons. The van der Waals surface area contributed by atoms with E-state index < -0.39 is 5.79 Å². The number of nitrogens with one attached hydrogen (secondary N) is 1. The summed E-state index contributed by atoms with van der Waals surface area (Å²) in [6, 6.07) is 6.51. The molecule has 1 aromatic heterocycles. The Hall–Kier alpha value is -1.89. The molecule has 3 heterocycles. The van der Waals surface area contributed by atoms with Crippen molar-refractivity contribution in [3.63, 3.8) is 0 Å². The Kier molecular flexibility index (Phi) is 4.06. The van der Waals surface area contributed by atoms with Crippen molar-refractivity contribution >= 4 is 16.8 Å². The number of fused-ring (bicyclic) bond motifs is 3. The Morgan fingerprint density at radius 1 is 1.32 bits per heavy atom. The maximum absolute atomic E-state index is 12.5. The van der Waals surface area contributed by atoms with Crippen LogP contribution in [-0.4, -0.2) is 55.0 Å². The van der Waals surface area contributed by atoms with Crippen LogP contribution in [0.2, 0.25) is 0 Å². The Morgan fingerprint density at radius 3 is 2.80 bits per heavy atom. The van der Waals surface area contributed by atoms with Gasteiger partial charge in [0.25, 0.3) is 11.7 Å². The first kappa shape index (κ1) is 16.6.